The number of ether oxygens (including phenoxy) is 3. The number of fused-ring (bicyclic) bond motifs is 1. The molecule has 0 saturated carbocycles. The van der Waals surface area contributed by atoms with Crippen LogP contribution in [-0.2, 0) is 9.53 Å². The van der Waals surface area contributed by atoms with Crippen LogP contribution in [0.2, 0.25) is 0 Å². The van der Waals surface area contributed by atoms with Gasteiger partial charge in [0.1, 0.15) is 5.58 Å². The van der Waals surface area contributed by atoms with Crippen molar-refractivity contribution < 1.29 is 28.2 Å². The Morgan fingerprint density at radius 3 is 2.45 bits per heavy atom. The van der Waals surface area contributed by atoms with E-state index in [1.807, 2.05) is 0 Å². The van der Waals surface area contributed by atoms with E-state index in [9.17, 15) is 14.4 Å². The summed E-state index contributed by atoms with van der Waals surface area (Å²) in [5.41, 5.74) is -0.228. The molecule has 1 aromatic heterocycles. The Kier molecular flexibility index (Phi) is 4.26. The molecule has 0 spiro atoms. The molecule has 7 heteroatoms. The van der Waals surface area contributed by atoms with Crippen molar-refractivity contribution in [1.29, 1.82) is 0 Å². The van der Waals surface area contributed by atoms with E-state index in [0.717, 1.165) is 7.11 Å². The Morgan fingerprint density at radius 2 is 1.82 bits per heavy atom. The molecule has 0 bridgehead atoms. The number of methoxy groups -OCH3 is 1. The second-order valence-electron chi connectivity index (χ2n) is 4.32. The van der Waals surface area contributed by atoms with Crippen LogP contribution in [0.1, 0.15) is 6.92 Å². The Balaban J connectivity index is 2.54. The Bertz CT molecular complexity index is 816. The molecule has 7 nitrogen and oxygen atoms in total. The zero-order chi connectivity index (χ0) is 16.3. The molecule has 0 amide bonds. The predicted molar refractivity (Wildman–Crippen MR) is 76.0 cm³/mol. The fraction of sp³-hybridized carbons (Fsp3) is 0.133. The zero-order valence-electron chi connectivity index (χ0n) is 11.9. The van der Waals surface area contributed by atoms with E-state index < -0.39 is 17.8 Å². The third-order valence-electron chi connectivity index (χ3n) is 2.60. The predicted octanol–water partition coefficient (Wildman–Crippen LogP) is 2.42. The summed E-state index contributed by atoms with van der Waals surface area (Å²) in [6.45, 7) is 4.94. The molecule has 0 N–H and O–H groups in total. The van der Waals surface area contributed by atoms with Crippen LogP contribution in [0.4, 0.5) is 4.79 Å². The molecule has 0 unspecified atom stereocenters. The van der Waals surface area contributed by atoms with E-state index in [-0.39, 0.29) is 22.7 Å². The summed E-state index contributed by atoms with van der Waals surface area (Å²) in [7, 11) is 1.13. The van der Waals surface area contributed by atoms with Crippen LogP contribution in [0.3, 0.4) is 0 Å². The lowest BCUT2D eigenvalue weighted by atomic mass is 10.2. The number of benzene rings is 1. The van der Waals surface area contributed by atoms with Crippen LogP contribution >= 0.6 is 0 Å². The molecular formula is C15H12O7. The lowest BCUT2D eigenvalue weighted by molar-refractivity contribution is -0.130. The van der Waals surface area contributed by atoms with Crippen LogP contribution in [-0.4, -0.2) is 19.2 Å². The molecular weight excluding hydrogens is 292 g/mol. The third kappa shape index (κ3) is 3.32. The van der Waals surface area contributed by atoms with Gasteiger partial charge in [-0.15, -0.1) is 0 Å². The van der Waals surface area contributed by atoms with E-state index in [2.05, 4.69) is 11.3 Å². The highest BCUT2D eigenvalue weighted by atomic mass is 16.7. The molecule has 0 aliphatic carbocycles. The fourth-order valence-electron chi connectivity index (χ4n) is 1.55. The normalized spacial score (nSPS) is 10.1. The average molecular weight is 304 g/mol. The minimum Gasteiger partial charge on any atom is -0.437 e. The van der Waals surface area contributed by atoms with Crippen LogP contribution in [0.5, 0.6) is 11.5 Å². The average Bonchev–Trinajstić information content (AvgIpc) is 2.47. The number of esters is 1. The lowest BCUT2D eigenvalue weighted by Crippen LogP contribution is -2.12. The smallest absolute Gasteiger partial charge is 0.437 e. The van der Waals surface area contributed by atoms with Crippen LogP contribution in [0.25, 0.3) is 11.0 Å². The van der Waals surface area contributed by atoms with Crippen molar-refractivity contribution in [1.82, 2.24) is 0 Å². The van der Waals surface area contributed by atoms with Gasteiger partial charge in [-0.3, -0.25) is 0 Å². The first kappa shape index (κ1) is 15.3. The molecule has 0 fully saturated rings. The molecule has 1 aromatic carbocycles. The Labute approximate surface area is 124 Å². The van der Waals surface area contributed by atoms with Crippen molar-refractivity contribution in [3.05, 3.63) is 46.8 Å². The Hall–Kier alpha value is -3.09. The van der Waals surface area contributed by atoms with Crippen LogP contribution in [0, 0.1) is 0 Å². The number of carbonyl (C=O) groups excluding carboxylic acids is 2. The van der Waals surface area contributed by atoms with Gasteiger partial charge in [-0.25, -0.2) is 14.4 Å². The summed E-state index contributed by atoms with van der Waals surface area (Å²) in [5, 5.41) is 0.487. The van der Waals surface area contributed by atoms with Gasteiger partial charge in [-0.2, -0.15) is 0 Å². The molecule has 0 saturated heterocycles. The van der Waals surface area contributed by atoms with Gasteiger partial charge >= 0.3 is 17.8 Å². The summed E-state index contributed by atoms with van der Waals surface area (Å²) in [6.07, 6.45) is -1.01. The minimum absolute atomic E-state index is 0.0280. The van der Waals surface area contributed by atoms with Crippen molar-refractivity contribution in [2.24, 2.45) is 0 Å². The van der Waals surface area contributed by atoms with Gasteiger partial charge in [0.25, 0.3) is 0 Å². The highest BCUT2D eigenvalue weighted by molar-refractivity contribution is 5.90. The van der Waals surface area contributed by atoms with Gasteiger partial charge in [0.05, 0.1) is 7.11 Å². The summed E-state index contributed by atoms with van der Waals surface area (Å²) >= 11 is 0. The summed E-state index contributed by atoms with van der Waals surface area (Å²) in [5.74, 6) is -0.838. The number of rotatable bonds is 3. The Morgan fingerprint density at radius 1 is 1.14 bits per heavy atom. The standard InChI is InChI=1S/C15H12O7/c1-8(2)14(17)21-11-6-9-4-5-13(16)20-10(9)7-12(11)22-15(18)19-3/h4-7H,1H2,2-3H3. The van der Waals surface area contributed by atoms with Crippen molar-refractivity contribution >= 4 is 23.1 Å². The maximum atomic E-state index is 11.6. The number of hydrogen-bond acceptors (Lipinski definition) is 7. The van der Waals surface area contributed by atoms with E-state index >= 15 is 0 Å². The second kappa shape index (κ2) is 6.13. The van der Waals surface area contributed by atoms with Gasteiger partial charge in [0.15, 0.2) is 11.5 Å². The van der Waals surface area contributed by atoms with E-state index in [1.54, 1.807) is 0 Å². The van der Waals surface area contributed by atoms with Gasteiger partial charge in [-0.1, -0.05) is 6.58 Å². The zero-order valence-corrected chi connectivity index (χ0v) is 11.9. The van der Waals surface area contributed by atoms with Gasteiger partial charge in [0.2, 0.25) is 0 Å². The molecule has 114 valence electrons. The quantitative estimate of drug-likeness (QED) is 0.283. The molecule has 0 radical (unpaired) electrons. The highest BCUT2D eigenvalue weighted by Gasteiger charge is 2.17. The number of hydrogen-bond donors (Lipinski definition) is 0. The van der Waals surface area contributed by atoms with Gasteiger partial charge < -0.3 is 18.6 Å². The maximum absolute atomic E-state index is 11.6. The fourth-order valence-corrected chi connectivity index (χ4v) is 1.55. The van der Waals surface area contributed by atoms with Gasteiger partial charge in [-0.05, 0) is 19.1 Å². The third-order valence-corrected chi connectivity index (χ3v) is 2.60. The molecule has 2 rings (SSSR count). The summed E-state index contributed by atoms with van der Waals surface area (Å²) < 4.78 is 19.4. The maximum Gasteiger partial charge on any atom is 0.513 e. The van der Waals surface area contributed by atoms with Crippen molar-refractivity contribution in [3.8, 4) is 11.5 Å². The molecule has 0 aliphatic heterocycles. The largest absolute Gasteiger partial charge is 0.513 e. The summed E-state index contributed by atoms with van der Waals surface area (Å²) in [6, 6.07) is 5.36. The van der Waals surface area contributed by atoms with E-state index in [1.165, 1.54) is 31.2 Å². The first-order valence-electron chi connectivity index (χ1n) is 6.12. The van der Waals surface area contributed by atoms with Crippen molar-refractivity contribution in [2.45, 2.75) is 6.92 Å². The summed E-state index contributed by atoms with van der Waals surface area (Å²) in [4.78, 5) is 34.1. The van der Waals surface area contributed by atoms with E-state index in [4.69, 9.17) is 13.9 Å². The molecule has 0 aliphatic rings. The van der Waals surface area contributed by atoms with Gasteiger partial charge in [0, 0.05) is 23.1 Å². The molecule has 0 atom stereocenters. The van der Waals surface area contributed by atoms with E-state index in [0.29, 0.717) is 5.39 Å². The number of carbonyl (C=O) groups is 2. The highest BCUT2D eigenvalue weighted by Crippen LogP contribution is 2.33. The molecule has 2 aromatic rings. The van der Waals surface area contributed by atoms with Crippen LogP contribution < -0.4 is 15.1 Å². The monoisotopic (exact) mass is 304 g/mol. The van der Waals surface area contributed by atoms with Crippen molar-refractivity contribution in [3.63, 3.8) is 0 Å². The second-order valence-corrected chi connectivity index (χ2v) is 4.32. The SMILES string of the molecule is C=C(C)C(=O)Oc1cc2ccc(=O)oc2cc1OC(=O)OC. The first-order valence-corrected chi connectivity index (χ1v) is 6.12. The first-order chi connectivity index (χ1) is 10.4. The topological polar surface area (TPSA) is 92.0 Å². The lowest BCUT2D eigenvalue weighted by Gasteiger charge is -2.10. The molecule has 22 heavy (non-hydrogen) atoms. The minimum atomic E-state index is -1.01. The van der Waals surface area contributed by atoms with Crippen molar-refractivity contribution in [2.75, 3.05) is 7.11 Å². The van der Waals surface area contributed by atoms with Crippen LogP contribution in [0.15, 0.2) is 45.6 Å². The molecule has 1 heterocycles.